The Kier molecular flexibility index (Phi) is 13600. The molecule has 0 aromatic carbocycles. The second-order valence-electron chi connectivity index (χ2n) is 0. The maximum absolute atomic E-state index is 0. The van der Waals surface area contributed by atoms with E-state index in [-0.39, 0.29) is 73.0 Å². The molecule has 0 aromatic heterocycles. The average Bonchev–Trinajstić information content (AvgIpc) is 0. The third-order valence-corrected chi connectivity index (χ3v) is 0. The van der Waals surface area contributed by atoms with Gasteiger partial charge in [0.25, 0.3) is 0 Å². The van der Waals surface area contributed by atoms with Crippen LogP contribution in [0.25, 0.3) is 0 Å². The van der Waals surface area contributed by atoms with Crippen LogP contribution >= 0.6 is 49.5 Å². The zero-order valence-corrected chi connectivity index (χ0v) is 16.9. The molecule has 0 heterocycles. The molecule has 0 saturated carbocycles. The van der Waals surface area contributed by atoms with Crippen LogP contribution in [0.2, 0.25) is 0 Å². The van der Waals surface area contributed by atoms with E-state index in [0.717, 1.165) is 0 Å². The fourth-order valence-electron chi connectivity index (χ4n) is 0. The van der Waals surface area contributed by atoms with Crippen LogP contribution in [0, 0.1) is 0 Å². The van der Waals surface area contributed by atoms with Crippen LogP contribution in [0.1, 0.15) is 0 Å². The number of halogens is 5. The monoisotopic (exact) mass is 270 g/mol. The number of rotatable bonds is 0. The Hall–Kier alpha value is 1.80. The highest BCUT2D eigenvalue weighted by atomic mass is 31.0. The van der Waals surface area contributed by atoms with Gasteiger partial charge in [0.05, 0.1) is 0 Å². The third kappa shape index (κ3) is 234. The molecule has 5 unspecified atom stereocenters. The molecule has 0 nitrogen and oxygen atoms in total. The van der Waals surface area contributed by atoms with E-state index in [1.165, 1.54) is 0 Å². The molecule has 0 saturated heterocycles. The zero-order chi connectivity index (χ0) is 0. The summed E-state index contributed by atoms with van der Waals surface area (Å²) in [5, 5.41) is 0. The standard InChI is InChI=1S/5FH.5H3P/h5*1H;5*1H3. The first-order chi connectivity index (χ1) is 0. The summed E-state index contributed by atoms with van der Waals surface area (Å²) >= 11 is 0. The van der Waals surface area contributed by atoms with Gasteiger partial charge in [-0.25, -0.2) is 0 Å². The quantitative estimate of drug-likeness (QED) is 0.303. The largest absolute Gasteiger partial charge is 1.00 e. The van der Waals surface area contributed by atoms with Crippen molar-refractivity contribution in [2.75, 3.05) is 0 Å². The normalized spacial score (nSPS) is 0. The van der Waals surface area contributed by atoms with Crippen LogP contribution in [0.15, 0.2) is 0 Å². The van der Waals surface area contributed by atoms with E-state index in [1.807, 2.05) is 0 Å². The molecule has 10 heavy (non-hydrogen) atoms. The number of hydrogen-bond donors (Lipinski definition) is 0. The number of hydrogen-bond acceptors (Lipinski definition) is 0. The molecule has 0 rings (SSSR count). The van der Waals surface area contributed by atoms with Crippen molar-refractivity contribution in [2.45, 2.75) is 0 Å². The third-order valence-electron chi connectivity index (χ3n) is 0. The molecule has 80 valence electrons. The molecule has 0 aliphatic rings. The Labute approximate surface area is 73.8 Å². The van der Waals surface area contributed by atoms with E-state index in [0.29, 0.717) is 0 Å². The van der Waals surface area contributed by atoms with Gasteiger partial charge in [0, 0.05) is 0 Å². The van der Waals surface area contributed by atoms with Crippen LogP contribution in [-0.2, 0) is 0 Å². The topological polar surface area (TPSA) is 0 Å². The lowest BCUT2D eigenvalue weighted by atomic mass is 19.0. The summed E-state index contributed by atoms with van der Waals surface area (Å²) in [6.45, 7) is 0. The minimum Gasteiger partial charge on any atom is -1.00 e. The molecule has 0 aliphatic carbocycles. The Balaban J connectivity index is 0. The van der Waals surface area contributed by atoms with E-state index in [9.17, 15) is 0 Å². The highest BCUT2D eigenvalue weighted by Crippen LogP contribution is 0.865. The SMILES string of the molecule is [F-].[F-].[F-].[F-].[F-].[PH4+].[PH4+].[PH4+].[PH4+].[PH4+]. The smallest absolute Gasteiger partial charge is 0.0395 e. The fraction of sp³-hybridized carbons (Fsp3) is 0. The molecular weight excluding hydrogens is 250 g/mol. The van der Waals surface area contributed by atoms with Crippen LogP contribution in [0.4, 0.5) is 0 Å². The van der Waals surface area contributed by atoms with Crippen molar-refractivity contribution >= 4 is 49.5 Å². The van der Waals surface area contributed by atoms with Gasteiger partial charge in [-0.2, -0.15) is 0 Å². The summed E-state index contributed by atoms with van der Waals surface area (Å²) < 4.78 is 0. The van der Waals surface area contributed by atoms with Gasteiger partial charge in [-0.15, -0.1) is 0 Å². The van der Waals surface area contributed by atoms with Crippen LogP contribution < -0.4 is 23.5 Å². The van der Waals surface area contributed by atoms with E-state index >= 15 is 0 Å². The second kappa shape index (κ2) is 320. The first-order valence-corrected chi connectivity index (χ1v) is 0. The van der Waals surface area contributed by atoms with Crippen molar-refractivity contribution in [3.05, 3.63) is 0 Å². The van der Waals surface area contributed by atoms with Gasteiger partial charge in [-0.1, -0.05) is 0 Å². The summed E-state index contributed by atoms with van der Waals surface area (Å²) in [7, 11) is 0. The highest BCUT2D eigenvalue weighted by Gasteiger charge is -0.0355. The molecule has 0 radical (unpaired) electrons. The van der Waals surface area contributed by atoms with Gasteiger partial charge in [-0.3, -0.25) is 0 Å². The molecule has 5 atom stereocenters. The van der Waals surface area contributed by atoms with E-state index in [2.05, 4.69) is 0 Å². The minimum absolute atomic E-state index is 0. The second-order valence-corrected chi connectivity index (χ2v) is 0. The lowest BCUT2D eigenvalue weighted by molar-refractivity contribution is -0.00100. The summed E-state index contributed by atoms with van der Waals surface area (Å²) in [5.41, 5.74) is 0. The van der Waals surface area contributed by atoms with E-state index in [1.54, 1.807) is 0 Å². The average molecular weight is 270 g/mol. The van der Waals surface area contributed by atoms with E-state index < -0.39 is 0 Å². The minimum atomic E-state index is 0. The summed E-state index contributed by atoms with van der Waals surface area (Å²) in [5.74, 6) is 0. The van der Waals surface area contributed by atoms with Gasteiger partial charge in [-0.05, 0) is 49.5 Å². The van der Waals surface area contributed by atoms with Gasteiger partial charge in [0.15, 0.2) is 0 Å². The van der Waals surface area contributed by atoms with Crippen molar-refractivity contribution < 1.29 is 23.5 Å². The van der Waals surface area contributed by atoms with Gasteiger partial charge < -0.3 is 23.5 Å². The zero-order valence-electron chi connectivity index (χ0n) is 6.89. The molecule has 0 aliphatic heterocycles. The Morgan fingerprint density at radius 1 is 0.200 bits per heavy atom. The highest BCUT2D eigenvalue weighted by molar-refractivity contribution is 6.92. The molecule has 10 heteroatoms. The van der Waals surface area contributed by atoms with Crippen LogP contribution in [0.5, 0.6) is 0 Å². The van der Waals surface area contributed by atoms with Gasteiger partial charge in [0.1, 0.15) is 0 Å². The van der Waals surface area contributed by atoms with E-state index in [4.69, 9.17) is 0 Å². The van der Waals surface area contributed by atoms with Crippen molar-refractivity contribution in [2.24, 2.45) is 0 Å². The van der Waals surface area contributed by atoms with Crippen LogP contribution in [0.3, 0.4) is 0 Å². The Morgan fingerprint density at radius 2 is 0.200 bits per heavy atom. The van der Waals surface area contributed by atoms with Gasteiger partial charge in [0.2, 0.25) is 0 Å². The first kappa shape index (κ1) is 425. The summed E-state index contributed by atoms with van der Waals surface area (Å²) in [6.07, 6.45) is 0. The molecule has 0 N–H and O–H groups in total. The molecule has 0 fully saturated rings. The van der Waals surface area contributed by atoms with Crippen molar-refractivity contribution in [1.29, 1.82) is 0 Å². The maximum Gasteiger partial charge on any atom is -0.0395 e. The lowest BCUT2D eigenvalue weighted by Crippen LogP contribution is -3.00. The maximum atomic E-state index is 0. The fourth-order valence-corrected chi connectivity index (χ4v) is 0. The first-order valence-electron chi connectivity index (χ1n) is 0. The predicted octanol–water partition coefficient (Wildman–Crippen LogP) is -16.0. The van der Waals surface area contributed by atoms with Crippen molar-refractivity contribution in [3.8, 4) is 0 Å². The Bertz CT molecular complexity index is 10.0. The van der Waals surface area contributed by atoms with Crippen molar-refractivity contribution in [1.82, 2.24) is 0 Å². The summed E-state index contributed by atoms with van der Waals surface area (Å²) in [4.78, 5) is 0. The molecule has 0 bridgehead atoms. The van der Waals surface area contributed by atoms with Crippen molar-refractivity contribution in [3.63, 3.8) is 0 Å². The molecular formula is H20F5P5. The van der Waals surface area contributed by atoms with Gasteiger partial charge >= 0.3 is 0 Å². The molecule has 0 spiro atoms. The molecule has 0 amide bonds. The van der Waals surface area contributed by atoms with Crippen LogP contribution in [-0.4, -0.2) is 0 Å². The Morgan fingerprint density at radius 3 is 0.200 bits per heavy atom. The lowest BCUT2D eigenvalue weighted by Gasteiger charge is -1.00. The summed E-state index contributed by atoms with van der Waals surface area (Å²) in [6, 6.07) is 0. The molecule has 0 aromatic rings. The predicted molar refractivity (Wildman–Crippen MR) is 62.5 cm³/mol.